The van der Waals surface area contributed by atoms with Crippen molar-refractivity contribution in [1.82, 2.24) is 0 Å². The molecule has 0 amide bonds. The number of phenols is 1. The minimum atomic E-state index is -0.927. The van der Waals surface area contributed by atoms with Gasteiger partial charge in [0.1, 0.15) is 0 Å². The quantitative estimate of drug-likeness (QED) is 0.585. The highest BCUT2D eigenvalue weighted by Gasteiger charge is 2.21. The summed E-state index contributed by atoms with van der Waals surface area (Å²) in [5.74, 6) is -1.82. The first kappa shape index (κ1) is 8.89. The summed E-state index contributed by atoms with van der Waals surface area (Å²) in [5, 5.41) is 21.6. The number of benzene rings is 1. The molecule has 0 aliphatic carbocycles. The summed E-state index contributed by atoms with van der Waals surface area (Å²) >= 11 is 1.09. The molecule has 14 heavy (non-hydrogen) atoms. The second-order valence-corrected chi connectivity index (χ2v) is 3.57. The van der Waals surface area contributed by atoms with Crippen molar-refractivity contribution in [2.75, 3.05) is 0 Å². The number of halogens is 1. The normalized spacial score (nSPS) is 10.6. The summed E-state index contributed by atoms with van der Waals surface area (Å²) in [4.78, 5) is 9.61. The maximum absolute atomic E-state index is 13.3. The highest BCUT2D eigenvalue weighted by Crippen LogP contribution is 2.37. The molecule has 0 aliphatic rings. The lowest BCUT2D eigenvalue weighted by Crippen LogP contribution is -1.90. The van der Waals surface area contributed by atoms with Gasteiger partial charge in [0, 0.05) is 11.5 Å². The third-order valence-corrected chi connectivity index (χ3v) is 2.76. The topological polar surface area (TPSA) is 63.4 Å². The number of nitrogens with zero attached hydrogens (tertiary/aromatic N) is 1. The van der Waals surface area contributed by atoms with E-state index < -0.39 is 22.2 Å². The van der Waals surface area contributed by atoms with Crippen LogP contribution in [0, 0.1) is 15.9 Å². The first-order valence-corrected chi connectivity index (χ1v) is 4.52. The molecule has 2 aromatic rings. The molecule has 1 N–H and O–H groups in total. The van der Waals surface area contributed by atoms with Gasteiger partial charge in [-0.3, -0.25) is 10.1 Å². The minimum Gasteiger partial charge on any atom is -0.500 e. The largest absolute Gasteiger partial charge is 0.500 e. The van der Waals surface area contributed by atoms with Gasteiger partial charge in [0.15, 0.2) is 5.82 Å². The Balaban J connectivity index is 2.87. The highest BCUT2D eigenvalue weighted by molar-refractivity contribution is 7.17. The predicted octanol–water partition coefficient (Wildman–Crippen LogP) is 2.65. The van der Waals surface area contributed by atoms with E-state index in [1.54, 1.807) is 11.4 Å². The highest BCUT2D eigenvalue weighted by atomic mass is 32.1. The molecular formula is C8H4FNO3S. The van der Waals surface area contributed by atoms with Crippen LogP contribution in [0.1, 0.15) is 0 Å². The van der Waals surface area contributed by atoms with Crippen LogP contribution >= 0.6 is 11.3 Å². The Kier molecular flexibility index (Phi) is 1.85. The van der Waals surface area contributed by atoms with Crippen LogP contribution in [-0.4, -0.2) is 10.0 Å². The molecule has 1 aromatic carbocycles. The molecule has 2 rings (SSSR count). The van der Waals surface area contributed by atoms with Crippen LogP contribution in [0.3, 0.4) is 0 Å². The number of phenolic OH excluding ortho intramolecular Hbond substituents is 1. The summed E-state index contributed by atoms with van der Waals surface area (Å²) in [6, 6.07) is 2.72. The molecule has 0 saturated carbocycles. The van der Waals surface area contributed by atoms with E-state index in [9.17, 15) is 19.6 Å². The van der Waals surface area contributed by atoms with Crippen LogP contribution in [-0.2, 0) is 0 Å². The van der Waals surface area contributed by atoms with E-state index >= 15 is 0 Å². The lowest BCUT2D eigenvalue weighted by molar-refractivity contribution is -0.385. The van der Waals surface area contributed by atoms with Gasteiger partial charge in [-0.05, 0) is 11.4 Å². The molecule has 0 spiro atoms. The van der Waals surface area contributed by atoms with Gasteiger partial charge in [-0.1, -0.05) is 0 Å². The molecule has 4 nitrogen and oxygen atoms in total. The number of thiophene rings is 1. The third kappa shape index (κ3) is 1.12. The maximum atomic E-state index is 13.3. The molecule has 1 aromatic heterocycles. The first-order chi connectivity index (χ1) is 6.61. The number of hydrogen-bond donors (Lipinski definition) is 1. The summed E-state index contributed by atoms with van der Waals surface area (Å²) in [7, 11) is 0. The second-order valence-electron chi connectivity index (χ2n) is 2.65. The lowest BCUT2D eigenvalue weighted by atomic mass is 10.2. The summed E-state index contributed by atoms with van der Waals surface area (Å²) < 4.78 is 13.5. The third-order valence-electron chi connectivity index (χ3n) is 1.83. The van der Waals surface area contributed by atoms with E-state index in [1.165, 1.54) is 0 Å². The van der Waals surface area contributed by atoms with Crippen molar-refractivity contribution >= 4 is 27.1 Å². The zero-order valence-electron chi connectivity index (χ0n) is 6.73. The maximum Gasteiger partial charge on any atom is 0.314 e. The predicted molar refractivity (Wildman–Crippen MR) is 50.1 cm³/mol. The Hall–Kier alpha value is -1.69. The Morgan fingerprint density at radius 3 is 2.93 bits per heavy atom. The molecule has 0 atom stereocenters. The summed E-state index contributed by atoms with van der Waals surface area (Å²) in [6.45, 7) is 0. The summed E-state index contributed by atoms with van der Waals surface area (Å²) in [6.07, 6.45) is 0. The van der Waals surface area contributed by atoms with Gasteiger partial charge in [-0.2, -0.15) is 0 Å². The van der Waals surface area contributed by atoms with Crippen molar-refractivity contribution in [3.05, 3.63) is 33.4 Å². The fourth-order valence-corrected chi connectivity index (χ4v) is 2.00. The van der Waals surface area contributed by atoms with E-state index in [-0.39, 0.29) is 4.70 Å². The molecule has 0 aliphatic heterocycles. The zero-order chi connectivity index (χ0) is 10.3. The number of nitro benzene ring substituents is 1. The molecule has 1 heterocycles. The fraction of sp³-hybridized carbons (Fsp3) is 0. The van der Waals surface area contributed by atoms with Crippen molar-refractivity contribution in [2.24, 2.45) is 0 Å². The number of fused-ring (bicyclic) bond motifs is 1. The number of rotatable bonds is 1. The van der Waals surface area contributed by atoms with Gasteiger partial charge >= 0.3 is 5.69 Å². The Labute approximate surface area is 81.4 Å². The van der Waals surface area contributed by atoms with Crippen LogP contribution in [0.4, 0.5) is 10.1 Å². The van der Waals surface area contributed by atoms with Crippen molar-refractivity contribution in [3.63, 3.8) is 0 Å². The first-order valence-electron chi connectivity index (χ1n) is 3.64. The van der Waals surface area contributed by atoms with Gasteiger partial charge in [0.2, 0.25) is 5.75 Å². The van der Waals surface area contributed by atoms with Gasteiger partial charge in [0.05, 0.1) is 9.62 Å². The Morgan fingerprint density at radius 1 is 1.57 bits per heavy atom. The second kappa shape index (κ2) is 2.91. The van der Waals surface area contributed by atoms with Crippen LogP contribution in [0.15, 0.2) is 17.5 Å². The van der Waals surface area contributed by atoms with E-state index in [4.69, 9.17) is 0 Å². The number of nitro groups is 1. The lowest BCUT2D eigenvalue weighted by Gasteiger charge is -1.98. The van der Waals surface area contributed by atoms with E-state index in [2.05, 4.69) is 0 Å². The van der Waals surface area contributed by atoms with Crippen molar-refractivity contribution in [1.29, 1.82) is 0 Å². The number of aromatic hydroxyl groups is 1. The monoisotopic (exact) mass is 213 g/mol. The van der Waals surface area contributed by atoms with Crippen LogP contribution < -0.4 is 0 Å². The number of hydrogen-bond acceptors (Lipinski definition) is 4. The van der Waals surface area contributed by atoms with E-state index in [0.717, 1.165) is 17.4 Å². The molecule has 0 bridgehead atoms. The van der Waals surface area contributed by atoms with Gasteiger partial charge in [-0.25, -0.2) is 4.39 Å². The molecule has 6 heteroatoms. The molecule has 0 saturated heterocycles. The minimum absolute atomic E-state index is 0.230. The van der Waals surface area contributed by atoms with Crippen molar-refractivity contribution in [2.45, 2.75) is 0 Å². The Bertz CT molecular complexity index is 523. The van der Waals surface area contributed by atoms with Crippen molar-refractivity contribution < 1.29 is 14.4 Å². The van der Waals surface area contributed by atoms with Gasteiger partial charge < -0.3 is 5.11 Å². The van der Waals surface area contributed by atoms with Gasteiger partial charge in [-0.15, -0.1) is 11.3 Å². The zero-order valence-corrected chi connectivity index (χ0v) is 7.55. The SMILES string of the molecule is O=[N+]([O-])c1cc2ccsc2c(F)c1O. The fourth-order valence-electron chi connectivity index (χ4n) is 1.19. The molecule has 0 unspecified atom stereocenters. The molecule has 0 radical (unpaired) electrons. The van der Waals surface area contributed by atoms with Gasteiger partial charge in [0.25, 0.3) is 0 Å². The summed E-state index contributed by atoms with van der Waals surface area (Å²) in [5.41, 5.74) is -0.603. The van der Waals surface area contributed by atoms with E-state index in [1.807, 2.05) is 0 Å². The average Bonchev–Trinajstić information content (AvgIpc) is 2.58. The van der Waals surface area contributed by atoms with Crippen molar-refractivity contribution in [3.8, 4) is 5.75 Å². The smallest absolute Gasteiger partial charge is 0.314 e. The standard InChI is InChI=1S/C8H4FNO3S/c9-6-7(11)5(10(12)13)3-4-1-2-14-8(4)6/h1-3,11H. The average molecular weight is 213 g/mol. The Morgan fingerprint density at radius 2 is 2.29 bits per heavy atom. The van der Waals surface area contributed by atoms with Crippen LogP contribution in [0.5, 0.6) is 5.75 Å². The van der Waals surface area contributed by atoms with Crippen LogP contribution in [0.25, 0.3) is 10.1 Å². The van der Waals surface area contributed by atoms with Crippen LogP contribution in [0.2, 0.25) is 0 Å². The van der Waals surface area contributed by atoms with E-state index in [0.29, 0.717) is 5.39 Å². The molecular weight excluding hydrogens is 209 g/mol. The molecule has 0 fully saturated rings. The molecule has 72 valence electrons.